The molecular formula is C18H23ClN2O4. The minimum atomic E-state index is -0.625. The molecule has 0 aliphatic carbocycles. The summed E-state index contributed by atoms with van der Waals surface area (Å²) in [5.74, 6) is -0.129. The highest BCUT2D eigenvalue weighted by Gasteiger charge is 2.36. The standard InChI is InChI=1S/C18H23ClN2O4/c1-20(15-10-25-11-16(15)22)17(23)13-6-8-21(9-7-13)18(24)12-2-4-14(19)5-3-12/h2-5,13,15-16,22H,6-11H2,1H3/t15-,16-/m1/s1. The number of aliphatic hydroxyl groups excluding tert-OH is 1. The number of ether oxygens (including phenoxy) is 1. The lowest BCUT2D eigenvalue weighted by Gasteiger charge is -2.35. The van der Waals surface area contributed by atoms with E-state index in [0.717, 1.165) is 0 Å². The molecule has 6 nitrogen and oxygen atoms in total. The summed E-state index contributed by atoms with van der Waals surface area (Å²) in [5.41, 5.74) is 0.609. The van der Waals surface area contributed by atoms with E-state index in [-0.39, 0.29) is 30.4 Å². The maximum absolute atomic E-state index is 12.7. The van der Waals surface area contributed by atoms with Gasteiger partial charge < -0.3 is 19.6 Å². The van der Waals surface area contributed by atoms with Crippen molar-refractivity contribution in [1.82, 2.24) is 9.80 Å². The van der Waals surface area contributed by atoms with Crippen LogP contribution in [0.25, 0.3) is 0 Å². The van der Waals surface area contributed by atoms with Crippen molar-refractivity contribution in [1.29, 1.82) is 0 Å². The van der Waals surface area contributed by atoms with Gasteiger partial charge in [-0.05, 0) is 37.1 Å². The lowest BCUT2D eigenvalue weighted by Crippen LogP contribution is -2.49. The summed E-state index contributed by atoms with van der Waals surface area (Å²) >= 11 is 5.86. The zero-order valence-corrected chi connectivity index (χ0v) is 15.0. The molecule has 25 heavy (non-hydrogen) atoms. The average Bonchev–Trinajstić information content (AvgIpc) is 3.06. The van der Waals surface area contributed by atoms with Crippen LogP contribution in [-0.4, -0.2) is 72.2 Å². The van der Waals surface area contributed by atoms with Gasteiger partial charge in [0.15, 0.2) is 0 Å². The van der Waals surface area contributed by atoms with Crippen LogP contribution in [0.1, 0.15) is 23.2 Å². The largest absolute Gasteiger partial charge is 0.388 e. The summed E-state index contributed by atoms with van der Waals surface area (Å²) in [6.45, 7) is 1.75. The van der Waals surface area contributed by atoms with Crippen molar-refractivity contribution in [3.05, 3.63) is 34.9 Å². The molecular weight excluding hydrogens is 344 g/mol. The number of halogens is 1. The topological polar surface area (TPSA) is 70.1 Å². The Balaban J connectivity index is 1.55. The molecule has 3 rings (SSSR count). The van der Waals surface area contributed by atoms with Crippen LogP contribution in [0.15, 0.2) is 24.3 Å². The van der Waals surface area contributed by atoms with Gasteiger partial charge in [-0.3, -0.25) is 9.59 Å². The lowest BCUT2D eigenvalue weighted by molar-refractivity contribution is -0.139. The highest BCUT2D eigenvalue weighted by atomic mass is 35.5. The molecule has 0 bridgehead atoms. The van der Waals surface area contributed by atoms with Crippen LogP contribution >= 0.6 is 11.6 Å². The maximum Gasteiger partial charge on any atom is 0.253 e. The Morgan fingerprint density at radius 2 is 1.84 bits per heavy atom. The van der Waals surface area contributed by atoms with E-state index >= 15 is 0 Å². The van der Waals surface area contributed by atoms with Gasteiger partial charge in [-0.2, -0.15) is 0 Å². The third kappa shape index (κ3) is 3.97. The van der Waals surface area contributed by atoms with Crippen LogP contribution in [-0.2, 0) is 9.53 Å². The van der Waals surface area contributed by atoms with Gasteiger partial charge >= 0.3 is 0 Å². The van der Waals surface area contributed by atoms with E-state index in [1.807, 2.05) is 0 Å². The normalized spacial score (nSPS) is 24.4. The monoisotopic (exact) mass is 366 g/mol. The summed E-state index contributed by atoms with van der Waals surface area (Å²) in [6, 6.07) is 6.57. The third-order valence-corrected chi connectivity index (χ3v) is 5.34. The van der Waals surface area contributed by atoms with E-state index in [4.69, 9.17) is 16.3 Å². The van der Waals surface area contributed by atoms with Crippen LogP contribution in [0.2, 0.25) is 5.02 Å². The first-order valence-electron chi connectivity index (χ1n) is 8.54. The van der Waals surface area contributed by atoms with E-state index in [9.17, 15) is 14.7 Å². The van der Waals surface area contributed by atoms with Gasteiger partial charge in [-0.15, -0.1) is 0 Å². The first-order chi connectivity index (χ1) is 12.0. The van der Waals surface area contributed by atoms with Crippen LogP contribution in [0.5, 0.6) is 0 Å². The Morgan fingerprint density at radius 3 is 2.40 bits per heavy atom. The van der Waals surface area contributed by atoms with Crippen molar-refractivity contribution in [3.8, 4) is 0 Å². The molecule has 2 amide bonds. The fourth-order valence-corrected chi connectivity index (χ4v) is 3.58. The number of amides is 2. The molecule has 2 fully saturated rings. The zero-order valence-electron chi connectivity index (χ0n) is 14.2. The maximum atomic E-state index is 12.7. The number of likely N-dealkylation sites (N-methyl/N-ethyl adjacent to an activating group) is 1. The molecule has 2 aliphatic rings. The Labute approximate surface area is 152 Å². The number of rotatable bonds is 3. The molecule has 0 radical (unpaired) electrons. The van der Waals surface area contributed by atoms with Gasteiger partial charge in [0.2, 0.25) is 5.91 Å². The second-order valence-corrected chi connectivity index (χ2v) is 7.13. The molecule has 0 spiro atoms. The quantitative estimate of drug-likeness (QED) is 0.878. The van der Waals surface area contributed by atoms with Gasteiger partial charge in [0.1, 0.15) is 0 Å². The van der Waals surface area contributed by atoms with Crippen LogP contribution in [0.3, 0.4) is 0 Å². The first kappa shape index (κ1) is 18.2. The molecule has 2 atom stereocenters. The number of carbonyl (C=O) groups excluding carboxylic acids is 2. The van der Waals surface area contributed by atoms with Crippen LogP contribution < -0.4 is 0 Å². The van der Waals surface area contributed by atoms with E-state index < -0.39 is 6.10 Å². The number of carbonyl (C=O) groups is 2. The van der Waals surface area contributed by atoms with Gasteiger partial charge in [0, 0.05) is 36.6 Å². The van der Waals surface area contributed by atoms with E-state index in [1.165, 1.54) is 0 Å². The minimum absolute atomic E-state index is 0.0214. The summed E-state index contributed by atoms with van der Waals surface area (Å²) < 4.78 is 5.23. The van der Waals surface area contributed by atoms with Crippen molar-refractivity contribution in [2.45, 2.75) is 25.0 Å². The Kier molecular flexibility index (Phi) is 5.61. The van der Waals surface area contributed by atoms with Crippen molar-refractivity contribution in [3.63, 3.8) is 0 Å². The third-order valence-electron chi connectivity index (χ3n) is 5.09. The molecule has 1 aromatic carbocycles. The first-order valence-corrected chi connectivity index (χ1v) is 8.92. The summed E-state index contributed by atoms with van der Waals surface area (Å²) in [6.07, 6.45) is 0.638. The lowest BCUT2D eigenvalue weighted by atomic mass is 9.94. The smallest absolute Gasteiger partial charge is 0.253 e. The van der Waals surface area contributed by atoms with Gasteiger partial charge in [0.05, 0.1) is 25.4 Å². The Morgan fingerprint density at radius 1 is 1.20 bits per heavy atom. The molecule has 1 N–H and O–H groups in total. The second-order valence-electron chi connectivity index (χ2n) is 6.69. The van der Waals surface area contributed by atoms with E-state index in [1.54, 1.807) is 41.1 Å². The highest BCUT2D eigenvalue weighted by molar-refractivity contribution is 6.30. The molecule has 0 aromatic heterocycles. The summed E-state index contributed by atoms with van der Waals surface area (Å²) in [5, 5.41) is 10.5. The molecule has 0 unspecified atom stereocenters. The Hall–Kier alpha value is -1.63. The molecule has 1 aromatic rings. The summed E-state index contributed by atoms with van der Waals surface area (Å²) in [7, 11) is 1.72. The second kappa shape index (κ2) is 7.72. The van der Waals surface area contributed by atoms with Crippen molar-refractivity contribution in [2.75, 3.05) is 33.4 Å². The number of likely N-dealkylation sites (tertiary alicyclic amines) is 1. The SMILES string of the molecule is CN(C(=O)C1CCN(C(=O)c2ccc(Cl)cc2)CC1)[C@@H]1COC[C@H]1O. The zero-order chi connectivity index (χ0) is 18.0. The van der Waals surface area contributed by atoms with Gasteiger partial charge in [-0.1, -0.05) is 11.6 Å². The van der Waals surface area contributed by atoms with Crippen molar-refractivity contribution < 1.29 is 19.4 Å². The van der Waals surface area contributed by atoms with Crippen LogP contribution in [0, 0.1) is 5.92 Å². The van der Waals surface area contributed by atoms with Crippen molar-refractivity contribution >= 4 is 23.4 Å². The number of piperidine rings is 1. The molecule has 2 heterocycles. The molecule has 2 aliphatic heterocycles. The predicted octanol–water partition coefficient (Wildman–Crippen LogP) is 1.41. The fraction of sp³-hybridized carbons (Fsp3) is 0.556. The molecule has 2 saturated heterocycles. The predicted molar refractivity (Wildman–Crippen MR) is 93.5 cm³/mol. The van der Waals surface area contributed by atoms with E-state index in [2.05, 4.69) is 0 Å². The molecule has 0 saturated carbocycles. The number of aliphatic hydroxyl groups is 1. The van der Waals surface area contributed by atoms with Gasteiger partial charge in [0.25, 0.3) is 5.91 Å². The fourth-order valence-electron chi connectivity index (χ4n) is 3.46. The number of hydrogen-bond donors (Lipinski definition) is 1. The number of hydrogen-bond acceptors (Lipinski definition) is 4. The van der Waals surface area contributed by atoms with Crippen molar-refractivity contribution in [2.24, 2.45) is 5.92 Å². The summed E-state index contributed by atoms with van der Waals surface area (Å²) in [4.78, 5) is 28.6. The average molecular weight is 367 g/mol. The highest BCUT2D eigenvalue weighted by Crippen LogP contribution is 2.23. The number of nitrogens with zero attached hydrogens (tertiary/aromatic N) is 2. The molecule has 7 heteroatoms. The van der Waals surface area contributed by atoms with Gasteiger partial charge in [-0.25, -0.2) is 0 Å². The Bertz CT molecular complexity index is 628. The minimum Gasteiger partial charge on any atom is -0.388 e. The molecule has 136 valence electrons. The van der Waals surface area contributed by atoms with Crippen LogP contribution in [0.4, 0.5) is 0 Å². The van der Waals surface area contributed by atoms with E-state index in [0.29, 0.717) is 43.1 Å². The number of benzene rings is 1.